The van der Waals surface area contributed by atoms with E-state index in [9.17, 15) is 9.18 Å². The van der Waals surface area contributed by atoms with Crippen LogP contribution < -0.4 is 0 Å². The van der Waals surface area contributed by atoms with E-state index in [-0.39, 0.29) is 16.4 Å². The van der Waals surface area contributed by atoms with E-state index in [2.05, 4.69) is 0 Å². The van der Waals surface area contributed by atoms with E-state index >= 15 is 0 Å². The average Bonchev–Trinajstić information content (AvgIpc) is 2.63. The van der Waals surface area contributed by atoms with Gasteiger partial charge in [-0.15, -0.1) is 0 Å². The quantitative estimate of drug-likeness (QED) is 0.349. The van der Waals surface area contributed by atoms with Crippen LogP contribution in [-0.2, 0) is 0 Å². The van der Waals surface area contributed by atoms with Crippen LogP contribution >= 0.6 is 23.2 Å². The Balaban J connectivity index is 1.89. The van der Waals surface area contributed by atoms with Crippen LogP contribution in [0.4, 0.5) is 4.39 Å². The third kappa shape index (κ3) is 4.04. The van der Waals surface area contributed by atoms with Gasteiger partial charge < -0.3 is 0 Å². The summed E-state index contributed by atoms with van der Waals surface area (Å²) in [7, 11) is 0. The lowest BCUT2D eigenvalue weighted by Crippen LogP contribution is -1.95. The maximum absolute atomic E-state index is 13.8. The number of hydrogen-bond acceptors (Lipinski definition) is 1. The van der Waals surface area contributed by atoms with Crippen molar-refractivity contribution >= 4 is 35.1 Å². The molecule has 0 amide bonds. The van der Waals surface area contributed by atoms with Crippen LogP contribution in [0.1, 0.15) is 21.5 Å². The zero-order chi connectivity index (χ0) is 18.7. The topological polar surface area (TPSA) is 17.1 Å². The predicted molar refractivity (Wildman–Crippen MR) is 106 cm³/mol. The van der Waals surface area contributed by atoms with E-state index in [1.807, 2.05) is 37.3 Å². The third-order valence-corrected chi connectivity index (χ3v) is 4.79. The predicted octanol–water partition coefficient (Wildman–Crippen LogP) is 7.00. The van der Waals surface area contributed by atoms with Gasteiger partial charge in [-0.2, -0.15) is 0 Å². The van der Waals surface area contributed by atoms with E-state index in [4.69, 9.17) is 23.2 Å². The lowest BCUT2D eigenvalue weighted by Gasteiger charge is -2.06. The fourth-order valence-corrected chi connectivity index (χ4v) is 2.95. The summed E-state index contributed by atoms with van der Waals surface area (Å²) in [4.78, 5) is 12.5. The molecule has 3 aromatic rings. The molecule has 0 fully saturated rings. The molecule has 0 heterocycles. The molecule has 0 atom stereocenters. The van der Waals surface area contributed by atoms with Crippen molar-refractivity contribution in [1.29, 1.82) is 0 Å². The molecule has 0 aliphatic rings. The van der Waals surface area contributed by atoms with Crippen molar-refractivity contribution in [2.75, 3.05) is 0 Å². The molecule has 26 heavy (non-hydrogen) atoms. The Morgan fingerprint density at radius 1 is 0.923 bits per heavy atom. The Hall–Kier alpha value is -2.42. The first kappa shape index (κ1) is 18.4. The van der Waals surface area contributed by atoms with Gasteiger partial charge in [-0.3, -0.25) is 4.79 Å². The first-order valence-electron chi connectivity index (χ1n) is 7.99. The first-order valence-corrected chi connectivity index (χ1v) is 8.74. The molecular formula is C22H15Cl2FO. The highest BCUT2D eigenvalue weighted by Gasteiger charge is 2.08. The highest BCUT2D eigenvalue weighted by molar-refractivity contribution is 6.32. The maximum atomic E-state index is 13.8. The summed E-state index contributed by atoms with van der Waals surface area (Å²) < 4.78 is 13.8. The molecular weight excluding hydrogens is 370 g/mol. The largest absolute Gasteiger partial charge is 0.289 e. The number of carbonyl (C=O) groups excluding carboxylic acids is 1. The number of hydrogen-bond donors (Lipinski definition) is 0. The maximum Gasteiger partial charge on any atom is 0.185 e. The summed E-state index contributed by atoms with van der Waals surface area (Å²) in [6.07, 6.45) is 2.73. The number of ketones is 1. The average molecular weight is 385 g/mol. The van der Waals surface area contributed by atoms with Gasteiger partial charge in [-0.1, -0.05) is 53.5 Å². The van der Waals surface area contributed by atoms with Crippen LogP contribution in [0.15, 0.2) is 66.7 Å². The Bertz CT molecular complexity index is 989. The van der Waals surface area contributed by atoms with Gasteiger partial charge in [0.2, 0.25) is 0 Å². The molecule has 0 saturated heterocycles. The standard InChI is InChI=1S/C22H15Cl2FO/c1-14-12-16(8-10-19(14)23)15-4-2-5-17(13-15)22(26)11-9-18-20(24)6-3-7-21(18)25/h2-13H,1H3/b11-9+. The van der Waals surface area contributed by atoms with Crippen LogP contribution in [0.5, 0.6) is 0 Å². The van der Waals surface area contributed by atoms with Crippen LogP contribution in [0.2, 0.25) is 10.0 Å². The minimum Gasteiger partial charge on any atom is -0.289 e. The molecule has 0 bridgehead atoms. The lowest BCUT2D eigenvalue weighted by molar-refractivity contribution is 0.104. The van der Waals surface area contributed by atoms with Crippen molar-refractivity contribution in [2.24, 2.45) is 0 Å². The molecule has 0 unspecified atom stereocenters. The van der Waals surface area contributed by atoms with E-state index in [1.165, 1.54) is 24.3 Å². The summed E-state index contributed by atoms with van der Waals surface area (Å²) in [5.41, 5.74) is 3.57. The van der Waals surface area contributed by atoms with Gasteiger partial charge in [0.25, 0.3) is 0 Å². The molecule has 0 aliphatic carbocycles. The van der Waals surface area contributed by atoms with E-state index < -0.39 is 5.82 Å². The van der Waals surface area contributed by atoms with Gasteiger partial charge in [0, 0.05) is 16.1 Å². The molecule has 0 N–H and O–H groups in total. The fraction of sp³-hybridized carbons (Fsp3) is 0.0455. The number of rotatable bonds is 4. The molecule has 3 aromatic carbocycles. The summed E-state index contributed by atoms with van der Waals surface area (Å²) in [6, 6.07) is 17.4. The summed E-state index contributed by atoms with van der Waals surface area (Å²) >= 11 is 12.0. The van der Waals surface area contributed by atoms with Gasteiger partial charge >= 0.3 is 0 Å². The van der Waals surface area contributed by atoms with Crippen molar-refractivity contribution in [3.8, 4) is 11.1 Å². The number of aryl methyl sites for hydroxylation is 1. The van der Waals surface area contributed by atoms with Gasteiger partial charge in [-0.05, 0) is 66.1 Å². The highest BCUT2D eigenvalue weighted by Crippen LogP contribution is 2.26. The van der Waals surface area contributed by atoms with Crippen LogP contribution in [-0.4, -0.2) is 5.78 Å². The Morgan fingerprint density at radius 2 is 1.65 bits per heavy atom. The number of carbonyl (C=O) groups is 1. The second-order valence-corrected chi connectivity index (χ2v) is 6.69. The van der Waals surface area contributed by atoms with Gasteiger partial charge in [-0.25, -0.2) is 4.39 Å². The van der Waals surface area contributed by atoms with Crippen LogP contribution in [0.25, 0.3) is 17.2 Å². The van der Waals surface area contributed by atoms with Gasteiger partial charge in [0.1, 0.15) is 5.82 Å². The normalized spacial score (nSPS) is 11.1. The Labute approximate surface area is 161 Å². The molecule has 130 valence electrons. The monoisotopic (exact) mass is 384 g/mol. The first-order chi connectivity index (χ1) is 12.5. The Morgan fingerprint density at radius 3 is 2.38 bits per heavy atom. The molecule has 3 rings (SSSR count). The molecule has 0 radical (unpaired) electrons. The van der Waals surface area contributed by atoms with Crippen LogP contribution in [0.3, 0.4) is 0 Å². The Kier molecular flexibility index (Phi) is 5.55. The van der Waals surface area contributed by atoms with Gasteiger partial charge in [0.15, 0.2) is 5.78 Å². The number of allylic oxidation sites excluding steroid dienone is 1. The molecule has 0 saturated carbocycles. The van der Waals surface area contributed by atoms with Crippen LogP contribution in [0, 0.1) is 12.7 Å². The van der Waals surface area contributed by atoms with Crippen molar-refractivity contribution < 1.29 is 9.18 Å². The zero-order valence-corrected chi connectivity index (χ0v) is 15.5. The van der Waals surface area contributed by atoms with Gasteiger partial charge in [0.05, 0.1) is 5.02 Å². The number of halogens is 3. The summed E-state index contributed by atoms with van der Waals surface area (Å²) in [5, 5.41) is 0.963. The van der Waals surface area contributed by atoms with E-state index in [0.717, 1.165) is 16.7 Å². The van der Waals surface area contributed by atoms with E-state index in [0.29, 0.717) is 10.6 Å². The van der Waals surface area contributed by atoms with Crippen molar-refractivity contribution in [3.63, 3.8) is 0 Å². The second-order valence-electron chi connectivity index (χ2n) is 5.88. The summed E-state index contributed by atoms with van der Waals surface area (Å²) in [5.74, 6) is -0.691. The second kappa shape index (κ2) is 7.86. The third-order valence-electron chi connectivity index (χ3n) is 4.04. The molecule has 4 heteroatoms. The minimum atomic E-state index is -0.466. The smallest absolute Gasteiger partial charge is 0.185 e. The molecule has 0 spiro atoms. The zero-order valence-electron chi connectivity index (χ0n) is 14.0. The van der Waals surface area contributed by atoms with Crippen molar-refractivity contribution in [1.82, 2.24) is 0 Å². The minimum absolute atomic E-state index is 0.201. The number of benzene rings is 3. The summed E-state index contributed by atoms with van der Waals surface area (Å²) in [6.45, 7) is 1.93. The molecule has 0 aromatic heterocycles. The molecule has 0 aliphatic heterocycles. The highest BCUT2D eigenvalue weighted by atomic mass is 35.5. The van der Waals surface area contributed by atoms with Crippen molar-refractivity contribution in [3.05, 3.63) is 99.3 Å². The fourth-order valence-electron chi connectivity index (χ4n) is 2.60. The van der Waals surface area contributed by atoms with E-state index in [1.54, 1.807) is 18.2 Å². The van der Waals surface area contributed by atoms with Crippen molar-refractivity contribution in [2.45, 2.75) is 6.92 Å². The molecule has 1 nitrogen and oxygen atoms in total. The lowest BCUT2D eigenvalue weighted by atomic mass is 9.99. The SMILES string of the molecule is Cc1cc(-c2cccc(C(=O)/C=C/c3c(F)cccc3Cl)c2)ccc1Cl.